The summed E-state index contributed by atoms with van der Waals surface area (Å²) in [5.74, 6) is 3.82. The summed E-state index contributed by atoms with van der Waals surface area (Å²) >= 11 is 0. The number of aliphatic hydroxyl groups excluding tert-OH is 1. The van der Waals surface area contributed by atoms with Crippen molar-refractivity contribution in [2.24, 2.45) is 22.0 Å². The lowest BCUT2D eigenvalue weighted by Crippen LogP contribution is -2.47. The van der Waals surface area contributed by atoms with Crippen molar-refractivity contribution in [3.05, 3.63) is 29.6 Å². The first-order chi connectivity index (χ1) is 15.5. The minimum Gasteiger partial charge on any atom is -0.494 e. The molecule has 168 valence electrons. The van der Waals surface area contributed by atoms with Gasteiger partial charge in [-0.05, 0) is 25.3 Å². The quantitative estimate of drug-likeness (QED) is 0.761. The largest absolute Gasteiger partial charge is 0.494 e. The van der Waals surface area contributed by atoms with Crippen molar-refractivity contribution < 1.29 is 14.6 Å². The molecule has 10 heteroatoms. The third-order valence-electron chi connectivity index (χ3n) is 6.19. The number of methoxy groups -OCH3 is 2. The number of fused-ring (bicyclic) bond motifs is 2. The highest BCUT2D eigenvalue weighted by atomic mass is 16.5. The second-order valence-corrected chi connectivity index (χ2v) is 8.09. The van der Waals surface area contributed by atoms with Crippen LogP contribution in [0.25, 0.3) is 11.0 Å². The van der Waals surface area contributed by atoms with Crippen LogP contribution in [0, 0.1) is 0 Å². The van der Waals surface area contributed by atoms with Crippen LogP contribution < -0.4 is 9.47 Å². The van der Waals surface area contributed by atoms with E-state index in [1.807, 2.05) is 25.3 Å². The molecule has 32 heavy (non-hydrogen) atoms. The Labute approximate surface area is 186 Å². The highest BCUT2D eigenvalue weighted by Gasteiger charge is 2.30. The number of aryl methyl sites for hydroxylation is 1. The molecule has 0 amide bonds. The van der Waals surface area contributed by atoms with Gasteiger partial charge in [0.25, 0.3) is 0 Å². The van der Waals surface area contributed by atoms with Gasteiger partial charge in [0.05, 0.1) is 19.8 Å². The number of hydrogen-bond donors (Lipinski definition) is 1. The SMILES string of the molecule is COc1c(C2=NC3C=CC(N4CCN(C)CC4)=NC3=N2)cc(OC)c2c1nc(CO)n2C. The fourth-order valence-electron chi connectivity index (χ4n) is 4.33. The van der Waals surface area contributed by atoms with Crippen molar-refractivity contribution in [3.8, 4) is 11.5 Å². The maximum atomic E-state index is 9.68. The topological polar surface area (TPSA) is 100 Å². The molecular formula is C22H27N7O3. The van der Waals surface area contributed by atoms with E-state index in [0.29, 0.717) is 40.1 Å². The molecule has 3 aliphatic rings. The van der Waals surface area contributed by atoms with E-state index in [0.717, 1.165) is 37.5 Å². The number of benzene rings is 1. The maximum absolute atomic E-state index is 9.68. The zero-order valence-corrected chi connectivity index (χ0v) is 18.7. The molecule has 1 aromatic carbocycles. The number of imidazole rings is 1. The van der Waals surface area contributed by atoms with Crippen molar-refractivity contribution in [1.82, 2.24) is 19.4 Å². The number of rotatable bonds is 4. The minimum absolute atomic E-state index is 0.188. The first kappa shape index (κ1) is 20.7. The fourth-order valence-corrected chi connectivity index (χ4v) is 4.33. The van der Waals surface area contributed by atoms with E-state index in [1.165, 1.54) is 0 Å². The summed E-state index contributed by atoms with van der Waals surface area (Å²) in [5.41, 5.74) is 2.03. The Morgan fingerprint density at radius 3 is 2.56 bits per heavy atom. The van der Waals surface area contributed by atoms with Crippen LogP contribution in [-0.4, -0.2) is 95.5 Å². The molecule has 1 N–H and O–H groups in total. The lowest BCUT2D eigenvalue weighted by Gasteiger charge is -2.34. The van der Waals surface area contributed by atoms with Gasteiger partial charge in [-0.1, -0.05) is 0 Å². The molecule has 1 unspecified atom stereocenters. The van der Waals surface area contributed by atoms with Crippen molar-refractivity contribution in [2.75, 3.05) is 47.4 Å². The van der Waals surface area contributed by atoms with Crippen LogP contribution in [0.5, 0.6) is 11.5 Å². The number of likely N-dealkylation sites (N-methyl/N-ethyl adjacent to an activating group) is 1. The van der Waals surface area contributed by atoms with Gasteiger partial charge in [-0.2, -0.15) is 0 Å². The Morgan fingerprint density at radius 1 is 1.09 bits per heavy atom. The molecule has 5 rings (SSSR count). The average molecular weight is 438 g/mol. The van der Waals surface area contributed by atoms with Gasteiger partial charge in [-0.15, -0.1) is 0 Å². The molecule has 0 saturated carbocycles. The normalized spacial score (nSPS) is 20.8. The van der Waals surface area contributed by atoms with Crippen LogP contribution in [0.4, 0.5) is 0 Å². The fraction of sp³-hybridized carbons (Fsp3) is 0.455. The molecular weight excluding hydrogens is 410 g/mol. The number of aliphatic hydroxyl groups is 1. The van der Waals surface area contributed by atoms with E-state index in [2.05, 4.69) is 21.8 Å². The smallest absolute Gasteiger partial charge is 0.161 e. The molecule has 1 saturated heterocycles. The highest BCUT2D eigenvalue weighted by molar-refractivity contribution is 6.19. The number of dihydropyridines is 1. The van der Waals surface area contributed by atoms with Crippen molar-refractivity contribution in [1.29, 1.82) is 0 Å². The number of piperazine rings is 1. The first-order valence-electron chi connectivity index (χ1n) is 10.6. The molecule has 4 heterocycles. The van der Waals surface area contributed by atoms with E-state index >= 15 is 0 Å². The van der Waals surface area contributed by atoms with Crippen molar-refractivity contribution in [2.45, 2.75) is 12.6 Å². The lowest BCUT2D eigenvalue weighted by molar-refractivity contribution is 0.216. The predicted molar refractivity (Wildman–Crippen MR) is 123 cm³/mol. The summed E-state index contributed by atoms with van der Waals surface area (Å²) < 4.78 is 13.2. The molecule has 0 bridgehead atoms. The van der Waals surface area contributed by atoms with Gasteiger partial charge in [0, 0.05) is 33.2 Å². The molecule has 0 spiro atoms. The van der Waals surface area contributed by atoms with Crippen LogP contribution in [0.1, 0.15) is 11.4 Å². The zero-order chi connectivity index (χ0) is 22.4. The summed E-state index contributed by atoms with van der Waals surface area (Å²) in [7, 11) is 7.17. The Balaban J connectivity index is 1.55. The van der Waals surface area contributed by atoms with E-state index < -0.39 is 0 Å². The summed E-state index contributed by atoms with van der Waals surface area (Å²) in [6.45, 7) is 3.73. The molecule has 1 atom stereocenters. The molecule has 0 radical (unpaired) electrons. The standard InChI is InChI=1S/C22H27N7O3/c1-27-7-9-29(10-8-27)16-6-5-14-22(25-16)26-21(23-14)13-11-15(31-3)19-18(20(13)32-4)24-17(12-30)28(19)2/h5-6,11,14,30H,7-10,12H2,1-4H3. The Bertz CT molecular complexity index is 1190. The summed E-state index contributed by atoms with van der Waals surface area (Å²) in [4.78, 5) is 23.5. The second kappa shape index (κ2) is 8.03. The van der Waals surface area contributed by atoms with Gasteiger partial charge < -0.3 is 28.9 Å². The second-order valence-electron chi connectivity index (χ2n) is 8.09. The zero-order valence-electron chi connectivity index (χ0n) is 18.7. The van der Waals surface area contributed by atoms with Crippen LogP contribution >= 0.6 is 0 Å². The van der Waals surface area contributed by atoms with E-state index in [-0.39, 0.29) is 12.6 Å². The number of ether oxygens (including phenoxy) is 2. The highest BCUT2D eigenvalue weighted by Crippen LogP contribution is 2.38. The molecule has 0 aliphatic carbocycles. The van der Waals surface area contributed by atoms with Gasteiger partial charge in [0.1, 0.15) is 41.1 Å². The van der Waals surface area contributed by atoms with Crippen molar-refractivity contribution in [3.63, 3.8) is 0 Å². The first-order valence-corrected chi connectivity index (χ1v) is 10.6. The van der Waals surface area contributed by atoms with Gasteiger partial charge in [-0.25, -0.2) is 15.0 Å². The Morgan fingerprint density at radius 2 is 1.88 bits per heavy atom. The van der Waals surface area contributed by atoms with E-state index in [1.54, 1.807) is 18.8 Å². The number of nitrogens with zero attached hydrogens (tertiary/aromatic N) is 7. The number of aromatic nitrogens is 2. The van der Waals surface area contributed by atoms with E-state index in [4.69, 9.17) is 24.5 Å². The van der Waals surface area contributed by atoms with Crippen molar-refractivity contribution >= 4 is 28.5 Å². The lowest BCUT2D eigenvalue weighted by atomic mass is 10.1. The molecule has 1 fully saturated rings. The van der Waals surface area contributed by atoms with Gasteiger partial charge in [-0.3, -0.25) is 4.99 Å². The molecule has 3 aliphatic heterocycles. The number of hydrogen-bond acceptors (Lipinski definition) is 9. The van der Waals surface area contributed by atoms with Crippen LogP contribution in [0.2, 0.25) is 0 Å². The van der Waals surface area contributed by atoms with Gasteiger partial charge in [0.2, 0.25) is 0 Å². The Kier molecular flexibility index (Phi) is 5.18. The van der Waals surface area contributed by atoms with Crippen LogP contribution in [-0.2, 0) is 13.7 Å². The number of aliphatic imine (C=N–C) groups is 3. The molecule has 1 aromatic heterocycles. The molecule has 10 nitrogen and oxygen atoms in total. The van der Waals surface area contributed by atoms with Crippen LogP contribution in [0.15, 0.2) is 33.2 Å². The summed E-state index contributed by atoms with van der Waals surface area (Å²) in [5, 5.41) is 9.68. The average Bonchev–Trinajstić information content (AvgIpc) is 3.39. The van der Waals surface area contributed by atoms with Gasteiger partial charge >= 0.3 is 0 Å². The molecule has 2 aromatic rings. The predicted octanol–water partition coefficient (Wildman–Crippen LogP) is 0.826. The monoisotopic (exact) mass is 437 g/mol. The summed E-state index contributed by atoms with van der Waals surface area (Å²) in [6, 6.07) is 1.64. The number of amidine groups is 3. The van der Waals surface area contributed by atoms with E-state index in [9.17, 15) is 5.11 Å². The maximum Gasteiger partial charge on any atom is 0.161 e. The minimum atomic E-state index is -0.218. The Hall–Kier alpha value is -3.24. The summed E-state index contributed by atoms with van der Waals surface area (Å²) in [6.07, 6.45) is 4.08. The van der Waals surface area contributed by atoms with Crippen LogP contribution in [0.3, 0.4) is 0 Å². The van der Waals surface area contributed by atoms with Gasteiger partial charge in [0.15, 0.2) is 17.4 Å². The third-order valence-corrected chi connectivity index (χ3v) is 6.19. The third kappa shape index (κ3) is 3.26.